The maximum atomic E-state index is 13.8. The Morgan fingerprint density at radius 1 is 1.00 bits per heavy atom. The van der Waals surface area contributed by atoms with Crippen LogP contribution in [0.4, 0.5) is 0 Å². The number of ether oxygens (including phenoxy) is 1. The van der Waals surface area contributed by atoms with E-state index in [0.717, 1.165) is 59.2 Å². The van der Waals surface area contributed by atoms with Crippen molar-refractivity contribution in [3.05, 3.63) is 94.7 Å². The second-order valence-corrected chi connectivity index (χ2v) is 9.91. The molecule has 2 unspecified atom stereocenters. The van der Waals surface area contributed by atoms with Crippen LogP contribution in [0, 0.1) is 0 Å². The first-order valence-corrected chi connectivity index (χ1v) is 12.6. The van der Waals surface area contributed by atoms with Gasteiger partial charge in [0, 0.05) is 35.2 Å². The second kappa shape index (κ2) is 8.88. The van der Waals surface area contributed by atoms with Crippen molar-refractivity contribution in [2.24, 2.45) is 0 Å². The third kappa shape index (κ3) is 3.89. The summed E-state index contributed by atoms with van der Waals surface area (Å²) >= 11 is 0. The van der Waals surface area contributed by atoms with Gasteiger partial charge in [0.15, 0.2) is 5.78 Å². The number of nitrogens with one attached hydrogen (secondary N) is 1. The lowest BCUT2D eigenvalue weighted by molar-refractivity contribution is -0.144. The molecule has 1 saturated carbocycles. The molecule has 6 rings (SSSR count). The Bertz CT molecular complexity index is 1350. The molecule has 1 N–H and O–H groups in total. The van der Waals surface area contributed by atoms with Gasteiger partial charge in [-0.3, -0.25) is 4.79 Å². The first-order chi connectivity index (χ1) is 17.1. The van der Waals surface area contributed by atoms with E-state index in [-0.39, 0.29) is 23.8 Å². The Morgan fingerprint density at radius 2 is 1.80 bits per heavy atom. The molecule has 0 saturated heterocycles. The Labute approximate surface area is 204 Å². The summed E-state index contributed by atoms with van der Waals surface area (Å²) < 4.78 is 11.6. The SMILES string of the molecule is CC1=C(C(=O)OC2CCCC2)C(c2cccc3ccccc23)C2=C(CC(c3ccco3)CC2=O)N1. The summed E-state index contributed by atoms with van der Waals surface area (Å²) in [5.74, 6) is 0.0820. The third-order valence-electron chi connectivity index (χ3n) is 7.70. The van der Waals surface area contributed by atoms with E-state index in [9.17, 15) is 9.59 Å². The average Bonchev–Trinajstić information content (AvgIpc) is 3.57. The van der Waals surface area contributed by atoms with Gasteiger partial charge < -0.3 is 14.5 Å². The number of hydrogen-bond acceptors (Lipinski definition) is 5. The standard InChI is InChI=1S/C30H29NO4/c1-18-27(30(33)35-21-10-3-4-11-21)28(23-13-6-9-19-8-2-5-12-22(19)23)29-24(31-18)16-20(17-25(29)32)26-14-7-15-34-26/h2,5-9,12-15,20-21,28,31H,3-4,10-11,16-17H2,1H3. The van der Waals surface area contributed by atoms with E-state index in [0.29, 0.717) is 24.0 Å². The molecule has 3 aromatic rings. The minimum absolute atomic E-state index is 0.0169. The average molecular weight is 468 g/mol. The van der Waals surface area contributed by atoms with Crippen molar-refractivity contribution in [2.75, 3.05) is 0 Å². The van der Waals surface area contributed by atoms with Gasteiger partial charge in [-0.25, -0.2) is 4.79 Å². The lowest BCUT2D eigenvalue weighted by Crippen LogP contribution is -2.36. The number of rotatable bonds is 4. The van der Waals surface area contributed by atoms with Crippen LogP contribution in [0.1, 0.15) is 68.6 Å². The molecule has 2 heterocycles. The van der Waals surface area contributed by atoms with E-state index in [2.05, 4.69) is 23.5 Å². The van der Waals surface area contributed by atoms with E-state index in [1.807, 2.05) is 43.3 Å². The maximum absolute atomic E-state index is 13.8. The quantitative estimate of drug-likeness (QED) is 0.457. The zero-order valence-electron chi connectivity index (χ0n) is 19.9. The molecule has 5 nitrogen and oxygen atoms in total. The van der Waals surface area contributed by atoms with E-state index >= 15 is 0 Å². The van der Waals surface area contributed by atoms with Gasteiger partial charge in [0.1, 0.15) is 11.9 Å². The van der Waals surface area contributed by atoms with Crippen LogP contribution >= 0.6 is 0 Å². The molecular weight excluding hydrogens is 438 g/mol. The van der Waals surface area contributed by atoms with Gasteiger partial charge in [-0.1, -0.05) is 42.5 Å². The molecule has 0 radical (unpaired) electrons. The van der Waals surface area contributed by atoms with Gasteiger partial charge in [-0.15, -0.1) is 0 Å². The van der Waals surface area contributed by atoms with Crippen molar-refractivity contribution < 1.29 is 18.7 Å². The van der Waals surface area contributed by atoms with Crippen molar-refractivity contribution in [1.82, 2.24) is 5.32 Å². The van der Waals surface area contributed by atoms with Gasteiger partial charge in [-0.05, 0) is 67.5 Å². The van der Waals surface area contributed by atoms with Crippen molar-refractivity contribution in [3.63, 3.8) is 0 Å². The van der Waals surface area contributed by atoms with Crippen LogP contribution in [-0.2, 0) is 14.3 Å². The molecular formula is C30H29NO4. The Morgan fingerprint density at radius 3 is 2.60 bits per heavy atom. The molecule has 1 aromatic heterocycles. The number of hydrogen-bond donors (Lipinski definition) is 1. The lowest BCUT2D eigenvalue weighted by atomic mass is 9.71. The summed E-state index contributed by atoms with van der Waals surface area (Å²) in [4.78, 5) is 27.4. The highest BCUT2D eigenvalue weighted by Crippen LogP contribution is 2.47. The second-order valence-electron chi connectivity index (χ2n) is 9.91. The van der Waals surface area contributed by atoms with Crippen LogP contribution < -0.4 is 5.32 Å². The predicted molar refractivity (Wildman–Crippen MR) is 134 cm³/mol. The highest BCUT2D eigenvalue weighted by atomic mass is 16.5. The molecule has 1 fully saturated rings. The monoisotopic (exact) mass is 467 g/mol. The summed E-state index contributed by atoms with van der Waals surface area (Å²) in [5, 5.41) is 5.58. The van der Waals surface area contributed by atoms with Gasteiger partial charge in [0.05, 0.1) is 11.8 Å². The fraction of sp³-hybridized carbons (Fsp3) is 0.333. The van der Waals surface area contributed by atoms with Crippen LogP contribution in [-0.4, -0.2) is 17.9 Å². The molecule has 2 aromatic carbocycles. The van der Waals surface area contributed by atoms with Crippen molar-refractivity contribution in [1.29, 1.82) is 0 Å². The number of furan rings is 1. The number of carbonyl (C=O) groups is 2. The summed E-state index contributed by atoms with van der Waals surface area (Å²) in [6, 6.07) is 18.1. The maximum Gasteiger partial charge on any atom is 0.337 e. The fourth-order valence-corrected chi connectivity index (χ4v) is 6.07. The molecule has 35 heavy (non-hydrogen) atoms. The van der Waals surface area contributed by atoms with Gasteiger partial charge in [-0.2, -0.15) is 0 Å². The number of carbonyl (C=O) groups excluding carboxylic acids is 2. The zero-order valence-corrected chi connectivity index (χ0v) is 19.9. The van der Waals surface area contributed by atoms with E-state index < -0.39 is 5.92 Å². The van der Waals surface area contributed by atoms with Crippen LogP contribution in [0.3, 0.4) is 0 Å². The number of dihydropyridines is 1. The highest BCUT2D eigenvalue weighted by molar-refractivity contribution is 6.05. The minimum atomic E-state index is -0.462. The number of benzene rings is 2. The highest BCUT2D eigenvalue weighted by Gasteiger charge is 2.42. The van der Waals surface area contributed by atoms with E-state index in [1.165, 1.54) is 0 Å². The Balaban J connectivity index is 1.48. The molecule has 2 aliphatic carbocycles. The van der Waals surface area contributed by atoms with Crippen molar-refractivity contribution >= 4 is 22.5 Å². The summed E-state index contributed by atoms with van der Waals surface area (Å²) in [6.45, 7) is 1.92. The molecule has 178 valence electrons. The van der Waals surface area contributed by atoms with E-state index in [4.69, 9.17) is 9.15 Å². The molecule has 5 heteroatoms. The summed E-state index contributed by atoms with van der Waals surface area (Å²) in [6.07, 6.45) is 6.61. The third-order valence-corrected chi connectivity index (χ3v) is 7.70. The number of esters is 1. The van der Waals surface area contributed by atoms with E-state index in [1.54, 1.807) is 6.26 Å². The zero-order chi connectivity index (χ0) is 23.9. The fourth-order valence-electron chi connectivity index (χ4n) is 6.07. The molecule has 0 spiro atoms. The van der Waals surface area contributed by atoms with Gasteiger partial charge in [0.25, 0.3) is 0 Å². The molecule has 3 aliphatic rings. The number of fused-ring (bicyclic) bond motifs is 1. The number of Topliss-reactive ketones (excluding diaryl/α,β-unsaturated/α-hetero) is 1. The number of allylic oxidation sites excluding steroid dienone is 3. The van der Waals surface area contributed by atoms with Crippen molar-refractivity contribution in [2.45, 2.75) is 63.4 Å². The van der Waals surface area contributed by atoms with Gasteiger partial charge >= 0.3 is 5.97 Å². The predicted octanol–water partition coefficient (Wildman–Crippen LogP) is 6.28. The molecule has 0 amide bonds. The molecule has 0 bridgehead atoms. The van der Waals surface area contributed by atoms with Crippen LogP contribution in [0.25, 0.3) is 10.8 Å². The van der Waals surface area contributed by atoms with Crippen LogP contribution in [0.5, 0.6) is 0 Å². The van der Waals surface area contributed by atoms with Crippen LogP contribution in [0.15, 0.2) is 87.8 Å². The minimum Gasteiger partial charge on any atom is -0.469 e. The summed E-state index contributed by atoms with van der Waals surface area (Å²) in [7, 11) is 0. The largest absolute Gasteiger partial charge is 0.469 e. The van der Waals surface area contributed by atoms with Gasteiger partial charge in [0.2, 0.25) is 0 Å². The first kappa shape index (κ1) is 21.9. The Hall–Kier alpha value is -3.60. The first-order valence-electron chi connectivity index (χ1n) is 12.6. The van der Waals surface area contributed by atoms with Crippen LogP contribution in [0.2, 0.25) is 0 Å². The lowest BCUT2D eigenvalue weighted by Gasteiger charge is -2.36. The smallest absolute Gasteiger partial charge is 0.337 e. The topological polar surface area (TPSA) is 68.5 Å². The number of ketones is 1. The summed E-state index contributed by atoms with van der Waals surface area (Å²) in [5.41, 5.74) is 3.86. The molecule has 2 atom stereocenters. The Kier molecular flexibility index (Phi) is 5.56. The normalized spacial score (nSPS) is 22.9. The van der Waals surface area contributed by atoms with Crippen molar-refractivity contribution in [3.8, 4) is 0 Å². The molecule has 1 aliphatic heterocycles.